The highest BCUT2D eigenvalue weighted by Gasteiger charge is 2.21. The number of hydrogen-bond acceptors (Lipinski definition) is 3. The molecule has 2 unspecified atom stereocenters. The molecule has 0 saturated heterocycles. The first-order valence-corrected chi connectivity index (χ1v) is 6.08. The Balaban J connectivity index is 4.19. The second kappa shape index (κ2) is 7.57. The second-order valence-electron chi connectivity index (χ2n) is 4.15. The summed E-state index contributed by atoms with van der Waals surface area (Å²) in [6.45, 7) is 6.66. The maximum Gasteiger partial charge on any atom is 0.237 e. The molecule has 0 radical (unpaired) electrons. The van der Waals surface area contributed by atoms with Gasteiger partial charge in [0.2, 0.25) is 5.91 Å². The van der Waals surface area contributed by atoms with Crippen LogP contribution in [0, 0.1) is 0 Å². The fraction of sp³-hybridized carbons (Fsp3) is 0.818. The molecule has 0 rings (SSSR count). The van der Waals surface area contributed by atoms with E-state index >= 15 is 0 Å². The summed E-state index contributed by atoms with van der Waals surface area (Å²) in [5.74, 6) is 0.0548. The minimum atomic E-state index is -0.157. The first-order valence-electron chi connectivity index (χ1n) is 5.68. The summed E-state index contributed by atoms with van der Waals surface area (Å²) in [6.07, 6.45) is 1.59. The number of likely N-dealkylation sites (N-methyl/N-ethyl adjacent to an activating group) is 1. The fourth-order valence-electron chi connectivity index (χ4n) is 1.40. The van der Waals surface area contributed by atoms with Crippen LogP contribution in [0.25, 0.3) is 0 Å². The molecule has 0 aliphatic heterocycles. The monoisotopic (exact) mass is 245 g/mol. The van der Waals surface area contributed by atoms with Crippen LogP contribution in [0.2, 0.25) is 0 Å². The van der Waals surface area contributed by atoms with E-state index in [4.69, 9.17) is 18.0 Å². The SMILES string of the molecule is CCCNC(=O)C(C)N(C)C(C)CC(N)=S. The Kier molecular flexibility index (Phi) is 7.25. The molecule has 4 nitrogen and oxygen atoms in total. The van der Waals surface area contributed by atoms with Gasteiger partial charge in [-0.1, -0.05) is 19.1 Å². The molecular formula is C11H23N3OS. The maximum atomic E-state index is 11.7. The van der Waals surface area contributed by atoms with Crippen LogP contribution in [0.1, 0.15) is 33.6 Å². The quantitative estimate of drug-likeness (QED) is 0.654. The summed E-state index contributed by atoms with van der Waals surface area (Å²) < 4.78 is 0. The van der Waals surface area contributed by atoms with Crippen molar-refractivity contribution >= 4 is 23.1 Å². The zero-order valence-corrected chi connectivity index (χ0v) is 11.4. The van der Waals surface area contributed by atoms with Gasteiger partial charge in [-0.3, -0.25) is 9.69 Å². The summed E-state index contributed by atoms with van der Waals surface area (Å²) in [5.41, 5.74) is 5.49. The normalized spacial score (nSPS) is 14.6. The first-order chi connectivity index (χ1) is 7.40. The van der Waals surface area contributed by atoms with Gasteiger partial charge < -0.3 is 11.1 Å². The van der Waals surface area contributed by atoms with Gasteiger partial charge in [0, 0.05) is 19.0 Å². The number of amides is 1. The molecule has 2 atom stereocenters. The standard InChI is InChI=1S/C11H23N3OS/c1-5-6-13-11(15)9(3)14(4)8(2)7-10(12)16/h8-9H,5-7H2,1-4H3,(H2,12,16)(H,13,15). The van der Waals surface area contributed by atoms with Gasteiger partial charge in [0.25, 0.3) is 0 Å². The van der Waals surface area contributed by atoms with Crippen LogP contribution in [0.3, 0.4) is 0 Å². The fourth-order valence-corrected chi connectivity index (χ4v) is 1.64. The van der Waals surface area contributed by atoms with Crippen molar-refractivity contribution in [2.75, 3.05) is 13.6 Å². The third-order valence-electron chi connectivity index (χ3n) is 2.73. The summed E-state index contributed by atoms with van der Waals surface area (Å²) in [7, 11) is 1.92. The first kappa shape index (κ1) is 15.3. The van der Waals surface area contributed by atoms with Gasteiger partial charge in [0.05, 0.1) is 11.0 Å². The third-order valence-corrected chi connectivity index (χ3v) is 2.90. The smallest absolute Gasteiger partial charge is 0.237 e. The van der Waals surface area contributed by atoms with E-state index in [0.717, 1.165) is 13.0 Å². The summed E-state index contributed by atoms with van der Waals surface area (Å²) >= 11 is 4.86. The number of nitrogens with zero attached hydrogens (tertiary/aromatic N) is 1. The number of hydrogen-bond donors (Lipinski definition) is 2. The van der Waals surface area contributed by atoms with Gasteiger partial charge in [-0.15, -0.1) is 0 Å². The molecule has 0 saturated carbocycles. The van der Waals surface area contributed by atoms with Crippen LogP contribution < -0.4 is 11.1 Å². The zero-order chi connectivity index (χ0) is 12.7. The third kappa shape index (κ3) is 5.42. The Morgan fingerprint density at radius 3 is 2.50 bits per heavy atom. The van der Waals surface area contributed by atoms with Gasteiger partial charge in [0.1, 0.15) is 0 Å². The molecule has 0 spiro atoms. The van der Waals surface area contributed by atoms with E-state index in [1.54, 1.807) is 0 Å². The van der Waals surface area contributed by atoms with Crippen molar-refractivity contribution in [1.82, 2.24) is 10.2 Å². The van der Waals surface area contributed by atoms with E-state index in [9.17, 15) is 4.79 Å². The number of carbonyl (C=O) groups excluding carboxylic acids is 1. The number of thiocarbonyl (C=S) groups is 1. The second-order valence-corrected chi connectivity index (χ2v) is 4.68. The minimum absolute atomic E-state index is 0.0548. The highest BCUT2D eigenvalue weighted by atomic mass is 32.1. The molecule has 0 heterocycles. The number of carbonyl (C=O) groups is 1. The molecule has 0 aromatic carbocycles. The summed E-state index contributed by atoms with van der Waals surface area (Å²) in [5, 5.41) is 2.88. The van der Waals surface area contributed by atoms with Crippen LogP contribution in [0.4, 0.5) is 0 Å². The lowest BCUT2D eigenvalue weighted by atomic mass is 10.1. The Morgan fingerprint density at radius 2 is 2.06 bits per heavy atom. The highest BCUT2D eigenvalue weighted by molar-refractivity contribution is 7.80. The predicted molar refractivity (Wildman–Crippen MR) is 71.4 cm³/mol. The topological polar surface area (TPSA) is 58.4 Å². The zero-order valence-electron chi connectivity index (χ0n) is 10.6. The molecule has 94 valence electrons. The molecule has 3 N–H and O–H groups in total. The van der Waals surface area contributed by atoms with Gasteiger partial charge in [0.15, 0.2) is 0 Å². The Labute approximate surface area is 104 Å². The molecule has 0 aromatic rings. The van der Waals surface area contributed by atoms with Gasteiger partial charge in [-0.05, 0) is 27.3 Å². The largest absolute Gasteiger partial charge is 0.393 e. The lowest BCUT2D eigenvalue weighted by molar-refractivity contribution is -0.126. The van der Waals surface area contributed by atoms with Crippen molar-refractivity contribution in [3.8, 4) is 0 Å². The van der Waals surface area contributed by atoms with Crippen LogP contribution in [-0.2, 0) is 4.79 Å². The lowest BCUT2D eigenvalue weighted by Gasteiger charge is -2.29. The Morgan fingerprint density at radius 1 is 1.50 bits per heavy atom. The molecule has 1 amide bonds. The molecule has 0 bridgehead atoms. The Hall–Kier alpha value is -0.680. The van der Waals surface area contributed by atoms with Gasteiger partial charge in [-0.25, -0.2) is 0 Å². The van der Waals surface area contributed by atoms with E-state index in [1.807, 2.05) is 32.7 Å². The van der Waals surface area contributed by atoms with Gasteiger partial charge >= 0.3 is 0 Å². The summed E-state index contributed by atoms with van der Waals surface area (Å²) in [6, 6.07) is 0.0239. The average molecular weight is 245 g/mol. The number of rotatable bonds is 7. The van der Waals surface area contributed by atoms with Crippen molar-refractivity contribution in [2.24, 2.45) is 5.73 Å². The maximum absolute atomic E-state index is 11.7. The van der Waals surface area contributed by atoms with Crippen LogP contribution in [-0.4, -0.2) is 41.5 Å². The van der Waals surface area contributed by atoms with E-state index in [1.165, 1.54) is 0 Å². The average Bonchev–Trinajstić information content (AvgIpc) is 2.22. The van der Waals surface area contributed by atoms with E-state index < -0.39 is 0 Å². The van der Waals surface area contributed by atoms with Crippen molar-refractivity contribution in [3.05, 3.63) is 0 Å². The molecule has 0 aliphatic carbocycles. The Bertz CT molecular complexity index is 245. The molecule has 5 heteroatoms. The molecule has 16 heavy (non-hydrogen) atoms. The van der Waals surface area contributed by atoms with Crippen molar-refractivity contribution in [1.29, 1.82) is 0 Å². The molecule has 0 aliphatic rings. The molecular weight excluding hydrogens is 222 g/mol. The summed E-state index contributed by atoms with van der Waals surface area (Å²) in [4.78, 5) is 14.2. The molecule has 0 fully saturated rings. The van der Waals surface area contributed by atoms with Crippen molar-refractivity contribution < 1.29 is 4.79 Å². The highest BCUT2D eigenvalue weighted by Crippen LogP contribution is 2.06. The van der Waals surface area contributed by atoms with E-state index in [0.29, 0.717) is 11.4 Å². The van der Waals surface area contributed by atoms with Crippen LogP contribution >= 0.6 is 12.2 Å². The van der Waals surface area contributed by atoms with Crippen molar-refractivity contribution in [2.45, 2.75) is 45.7 Å². The van der Waals surface area contributed by atoms with E-state index in [-0.39, 0.29) is 18.0 Å². The lowest BCUT2D eigenvalue weighted by Crippen LogP contribution is -2.47. The number of nitrogens with two attached hydrogens (primary N) is 1. The predicted octanol–water partition coefficient (Wildman–Crippen LogP) is 0.898. The van der Waals surface area contributed by atoms with Crippen LogP contribution in [0.15, 0.2) is 0 Å². The van der Waals surface area contributed by atoms with Gasteiger partial charge in [-0.2, -0.15) is 0 Å². The van der Waals surface area contributed by atoms with E-state index in [2.05, 4.69) is 5.32 Å². The number of nitrogens with one attached hydrogen (secondary N) is 1. The minimum Gasteiger partial charge on any atom is -0.393 e. The van der Waals surface area contributed by atoms with Crippen molar-refractivity contribution in [3.63, 3.8) is 0 Å². The van der Waals surface area contributed by atoms with Crippen LogP contribution in [0.5, 0.6) is 0 Å². The molecule has 0 aromatic heterocycles.